The lowest BCUT2D eigenvalue weighted by Gasteiger charge is -2.21. The maximum Gasteiger partial charge on any atom is 0.160 e. The van der Waals surface area contributed by atoms with Gasteiger partial charge in [0.2, 0.25) is 0 Å². The summed E-state index contributed by atoms with van der Waals surface area (Å²) in [7, 11) is -1.89. The lowest BCUT2D eigenvalue weighted by Crippen LogP contribution is -2.49. The molecule has 0 saturated carbocycles. The van der Waals surface area contributed by atoms with Gasteiger partial charge in [0.05, 0.1) is 11.4 Å². The Bertz CT molecular complexity index is 3080. The van der Waals surface area contributed by atoms with Gasteiger partial charge in [0, 0.05) is 16.7 Å². The highest BCUT2D eigenvalue weighted by Crippen LogP contribution is 2.47. The molecule has 2 heterocycles. The molecule has 1 aliphatic rings. The van der Waals surface area contributed by atoms with E-state index in [1.165, 1.54) is 59.7 Å². The second kappa shape index (κ2) is 14.0. The van der Waals surface area contributed by atoms with Crippen molar-refractivity contribution in [2.45, 2.75) is 13.1 Å². The molecule has 0 saturated heterocycles. The number of benzene rings is 9. The summed E-state index contributed by atoms with van der Waals surface area (Å²) in [5.74, 6) is 0.697. The minimum absolute atomic E-state index is 0.697. The molecule has 3 heteroatoms. The minimum atomic E-state index is -1.89. The quantitative estimate of drug-likeness (QED) is 0.124. The number of fused-ring (bicyclic) bond motifs is 5. The number of aromatic nitrogens is 2. The second-order valence-electron chi connectivity index (χ2n) is 16.1. The molecule has 0 spiro atoms. The number of hydrogen-bond acceptors (Lipinski definition) is 2. The Kier molecular flexibility index (Phi) is 8.31. The fourth-order valence-corrected chi connectivity index (χ4v) is 12.6. The van der Waals surface area contributed by atoms with Crippen molar-refractivity contribution >= 4 is 40.0 Å². The van der Waals surface area contributed by atoms with E-state index in [2.05, 4.69) is 219 Å². The summed E-state index contributed by atoms with van der Waals surface area (Å²) >= 11 is 0. The van der Waals surface area contributed by atoms with Gasteiger partial charge in [0.25, 0.3) is 0 Å². The highest BCUT2D eigenvalue weighted by molar-refractivity contribution is 7.04. The molecule has 0 bridgehead atoms. The molecule has 59 heavy (non-hydrogen) atoms. The number of nitrogens with zero attached hydrogens (tertiary/aromatic N) is 2. The van der Waals surface area contributed by atoms with Crippen molar-refractivity contribution in [3.05, 3.63) is 206 Å². The molecule has 9 aromatic carbocycles. The average molecular weight is 769 g/mol. The van der Waals surface area contributed by atoms with Gasteiger partial charge in [-0.3, -0.25) is 0 Å². The molecule has 1 aliphatic heterocycles. The van der Waals surface area contributed by atoms with Crippen LogP contribution in [0.4, 0.5) is 0 Å². The Balaban J connectivity index is 1.19. The Morgan fingerprint density at radius 1 is 0.305 bits per heavy atom. The zero-order valence-electron chi connectivity index (χ0n) is 33.0. The zero-order chi connectivity index (χ0) is 39.5. The zero-order valence-corrected chi connectivity index (χ0v) is 34.0. The van der Waals surface area contributed by atoms with Crippen LogP contribution in [0.5, 0.6) is 0 Å². The first kappa shape index (κ1) is 35.0. The van der Waals surface area contributed by atoms with Crippen LogP contribution < -0.4 is 10.4 Å². The summed E-state index contributed by atoms with van der Waals surface area (Å²) in [4.78, 5) is 10.9. The molecule has 0 radical (unpaired) electrons. The largest absolute Gasteiger partial charge is 0.228 e. The van der Waals surface area contributed by atoms with Crippen LogP contribution in [0.3, 0.4) is 0 Å². The van der Waals surface area contributed by atoms with Crippen molar-refractivity contribution in [3.63, 3.8) is 0 Å². The van der Waals surface area contributed by atoms with Crippen LogP contribution in [0.15, 0.2) is 206 Å². The first-order valence-corrected chi connectivity index (χ1v) is 23.4. The van der Waals surface area contributed by atoms with E-state index < -0.39 is 8.07 Å². The van der Waals surface area contributed by atoms with Gasteiger partial charge in [0.15, 0.2) is 5.82 Å². The predicted octanol–water partition coefficient (Wildman–Crippen LogP) is 13.6. The Morgan fingerprint density at radius 3 is 1.39 bits per heavy atom. The molecule has 1 aromatic heterocycles. The first-order valence-electron chi connectivity index (χ1n) is 20.4. The molecule has 11 rings (SSSR count). The van der Waals surface area contributed by atoms with Crippen molar-refractivity contribution in [3.8, 4) is 78.4 Å². The first-order chi connectivity index (χ1) is 29.0. The summed E-state index contributed by atoms with van der Waals surface area (Å²) in [5.41, 5.74) is 14.9. The second-order valence-corrected chi connectivity index (χ2v) is 20.4. The highest BCUT2D eigenvalue weighted by Gasteiger charge is 2.38. The molecule has 278 valence electrons. The summed E-state index contributed by atoms with van der Waals surface area (Å²) < 4.78 is 0. The number of rotatable bonds is 6. The van der Waals surface area contributed by atoms with E-state index >= 15 is 0 Å². The van der Waals surface area contributed by atoms with Crippen LogP contribution in [0, 0.1) is 0 Å². The van der Waals surface area contributed by atoms with E-state index in [4.69, 9.17) is 9.97 Å². The van der Waals surface area contributed by atoms with Gasteiger partial charge < -0.3 is 0 Å². The van der Waals surface area contributed by atoms with Gasteiger partial charge >= 0.3 is 0 Å². The van der Waals surface area contributed by atoms with E-state index in [-0.39, 0.29) is 0 Å². The normalized spacial score (nSPS) is 12.7. The fraction of sp³-hybridized carbons (Fsp3) is 0.0357. The number of hydrogen-bond donors (Lipinski definition) is 0. The van der Waals surface area contributed by atoms with Crippen molar-refractivity contribution in [2.75, 3.05) is 0 Å². The van der Waals surface area contributed by atoms with Crippen LogP contribution in [-0.2, 0) is 0 Å². The fourth-order valence-electron chi connectivity index (χ4n) is 9.47. The van der Waals surface area contributed by atoms with Gasteiger partial charge in [-0.2, -0.15) is 0 Å². The van der Waals surface area contributed by atoms with Gasteiger partial charge in [-0.25, -0.2) is 9.97 Å². The SMILES string of the molecule is C[Si]1(C)c2ccccc2-c2c(-c3c4ccccc4c(-c4cc(-c5cccc(-c6ccccc6)c5)nc(-c5cccc(-c6ccccc6)c5)n4)c4ccccc34)cccc21. The maximum absolute atomic E-state index is 5.52. The molecular weight excluding hydrogens is 729 g/mol. The van der Waals surface area contributed by atoms with Crippen LogP contribution in [-0.4, -0.2) is 18.0 Å². The van der Waals surface area contributed by atoms with Crippen LogP contribution >= 0.6 is 0 Å². The van der Waals surface area contributed by atoms with Crippen LogP contribution in [0.1, 0.15) is 0 Å². The van der Waals surface area contributed by atoms with Gasteiger partial charge in [0.1, 0.15) is 8.07 Å². The van der Waals surface area contributed by atoms with E-state index in [1.54, 1.807) is 0 Å². The molecule has 0 unspecified atom stereocenters. The summed E-state index contributed by atoms with van der Waals surface area (Å²) in [6.45, 7) is 4.99. The summed E-state index contributed by atoms with van der Waals surface area (Å²) in [6.07, 6.45) is 0. The standard InChI is InChI=1S/C56H40N2Si/c1-59(2)51-32-14-13-30-47(51)55-48(31-17-33-52(55)59)53-43-26-9-11-28-45(43)54(46-29-12-10-27-44(46)53)50-36-49(41-24-15-22-39(34-41)37-18-5-3-6-19-37)57-56(58-50)42-25-16-23-40(35-42)38-20-7-4-8-21-38/h3-36H,1-2H3. The smallest absolute Gasteiger partial charge is 0.160 e. The Labute approximate surface area is 346 Å². The van der Waals surface area contributed by atoms with Crippen LogP contribution in [0.25, 0.3) is 100.0 Å². The van der Waals surface area contributed by atoms with E-state index in [9.17, 15) is 0 Å². The van der Waals surface area contributed by atoms with E-state index in [0.717, 1.165) is 44.8 Å². The predicted molar refractivity (Wildman–Crippen MR) is 252 cm³/mol. The molecule has 0 amide bonds. The average Bonchev–Trinajstić information content (AvgIpc) is 3.54. The van der Waals surface area contributed by atoms with E-state index in [0.29, 0.717) is 5.82 Å². The monoisotopic (exact) mass is 768 g/mol. The molecule has 0 N–H and O–H groups in total. The molecule has 10 aromatic rings. The molecular formula is C56H40N2Si. The third-order valence-corrected chi connectivity index (χ3v) is 15.8. The van der Waals surface area contributed by atoms with Gasteiger partial charge in [-0.1, -0.05) is 201 Å². The van der Waals surface area contributed by atoms with Gasteiger partial charge in [-0.15, -0.1) is 0 Å². The Hall–Kier alpha value is -7.20. The molecule has 2 nitrogen and oxygen atoms in total. The van der Waals surface area contributed by atoms with Crippen molar-refractivity contribution in [1.82, 2.24) is 9.97 Å². The molecule has 0 atom stereocenters. The highest BCUT2D eigenvalue weighted by atomic mass is 28.3. The topological polar surface area (TPSA) is 25.8 Å². The lowest BCUT2D eigenvalue weighted by molar-refractivity contribution is 1.19. The summed E-state index contributed by atoms with van der Waals surface area (Å²) in [6, 6.07) is 74.6. The van der Waals surface area contributed by atoms with Crippen molar-refractivity contribution in [2.24, 2.45) is 0 Å². The maximum atomic E-state index is 5.52. The lowest BCUT2D eigenvalue weighted by atomic mass is 9.84. The van der Waals surface area contributed by atoms with E-state index in [1.807, 2.05) is 0 Å². The van der Waals surface area contributed by atoms with Crippen LogP contribution in [0.2, 0.25) is 13.1 Å². The molecule has 0 aliphatic carbocycles. The minimum Gasteiger partial charge on any atom is -0.228 e. The summed E-state index contributed by atoms with van der Waals surface area (Å²) in [5, 5.41) is 7.81. The van der Waals surface area contributed by atoms with Crippen molar-refractivity contribution < 1.29 is 0 Å². The Morgan fingerprint density at radius 2 is 0.746 bits per heavy atom. The third kappa shape index (κ3) is 5.85. The molecule has 0 fully saturated rings. The van der Waals surface area contributed by atoms with Gasteiger partial charge in [-0.05, 0) is 94.6 Å². The van der Waals surface area contributed by atoms with Crippen molar-refractivity contribution in [1.29, 1.82) is 0 Å². The third-order valence-electron chi connectivity index (χ3n) is 12.3.